The van der Waals surface area contributed by atoms with Gasteiger partial charge < -0.3 is 4.74 Å². The monoisotopic (exact) mass is 391 g/mol. The van der Waals surface area contributed by atoms with Crippen molar-refractivity contribution in [1.82, 2.24) is 4.72 Å². The van der Waals surface area contributed by atoms with E-state index >= 15 is 0 Å². The quantitative estimate of drug-likeness (QED) is 0.642. The van der Waals surface area contributed by atoms with Crippen molar-refractivity contribution in [2.24, 2.45) is 0 Å². The van der Waals surface area contributed by atoms with Crippen LogP contribution in [0.15, 0.2) is 89.8 Å². The van der Waals surface area contributed by atoms with Crippen LogP contribution < -0.4 is 9.46 Å². The largest absolute Gasteiger partial charge is 0.497 e. The molecule has 0 saturated heterocycles. The molecule has 4 nitrogen and oxygen atoms in total. The molecule has 1 N–H and O–H groups in total. The number of hydrogen-bond acceptors (Lipinski definition) is 3. The second-order valence-electron chi connectivity index (χ2n) is 6.13. The highest BCUT2D eigenvalue weighted by Gasteiger charge is 2.21. The molecule has 0 amide bonds. The Balaban J connectivity index is 1.83. The van der Waals surface area contributed by atoms with Crippen molar-refractivity contribution < 1.29 is 13.2 Å². The molecule has 0 aliphatic carbocycles. The van der Waals surface area contributed by atoms with E-state index in [1.165, 1.54) is 12.1 Å². The van der Waals surface area contributed by atoms with Crippen LogP contribution in [-0.4, -0.2) is 15.5 Å². The fraction of sp³-hybridized carbons (Fsp3) is 0.130. The summed E-state index contributed by atoms with van der Waals surface area (Å²) in [4.78, 5) is 0.185. The van der Waals surface area contributed by atoms with Crippen LogP contribution in [0.4, 0.5) is 0 Å². The summed E-state index contributed by atoms with van der Waals surface area (Å²) in [6.07, 6.45) is 0.355. The Hall–Kier alpha value is -3.07. The van der Waals surface area contributed by atoms with Gasteiger partial charge in [-0.05, 0) is 42.0 Å². The van der Waals surface area contributed by atoms with Gasteiger partial charge >= 0.3 is 0 Å². The molecule has 0 heterocycles. The molecule has 0 bridgehead atoms. The second kappa shape index (κ2) is 9.23. The molecule has 3 aromatic rings. The Morgan fingerprint density at radius 3 is 2.11 bits per heavy atom. The van der Waals surface area contributed by atoms with E-state index in [1.54, 1.807) is 19.2 Å². The van der Waals surface area contributed by atoms with E-state index < -0.39 is 16.1 Å². The lowest BCUT2D eigenvalue weighted by molar-refractivity contribution is 0.414. The molecule has 0 saturated carbocycles. The Morgan fingerprint density at radius 1 is 0.893 bits per heavy atom. The maximum absolute atomic E-state index is 12.8. The number of methoxy groups -OCH3 is 1. The summed E-state index contributed by atoms with van der Waals surface area (Å²) < 4.78 is 33.6. The summed E-state index contributed by atoms with van der Waals surface area (Å²) in [5.41, 5.74) is 1.76. The summed E-state index contributed by atoms with van der Waals surface area (Å²) in [7, 11) is -2.16. The summed E-state index contributed by atoms with van der Waals surface area (Å²) >= 11 is 0. The predicted molar refractivity (Wildman–Crippen MR) is 110 cm³/mol. The van der Waals surface area contributed by atoms with E-state index in [-0.39, 0.29) is 4.90 Å². The van der Waals surface area contributed by atoms with Gasteiger partial charge in [0.2, 0.25) is 10.0 Å². The van der Waals surface area contributed by atoms with Crippen molar-refractivity contribution >= 4 is 10.0 Å². The highest BCUT2D eigenvalue weighted by Crippen LogP contribution is 2.21. The van der Waals surface area contributed by atoms with Crippen molar-refractivity contribution in [2.45, 2.75) is 17.4 Å². The fourth-order valence-corrected chi connectivity index (χ4v) is 3.92. The molecule has 3 rings (SSSR count). The molecule has 0 fully saturated rings. The van der Waals surface area contributed by atoms with Gasteiger partial charge in [0, 0.05) is 12.0 Å². The number of nitrogens with one attached hydrogen (secondary N) is 1. The lowest BCUT2D eigenvalue weighted by Crippen LogP contribution is -2.28. The summed E-state index contributed by atoms with van der Waals surface area (Å²) in [6.45, 7) is 0. The van der Waals surface area contributed by atoms with Gasteiger partial charge in [-0.25, -0.2) is 13.1 Å². The Morgan fingerprint density at radius 2 is 1.50 bits per heavy atom. The Bertz CT molecular complexity index is 1050. The smallest absolute Gasteiger partial charge is 0.241 e. The summed E-state index contributed by atoms with van der Waals surface area (Å²) in [5, 5.41) is 0. The van der Waals surface area contributed by atoms with Crippen molar-refractivity contribution in [2.75, 3.05) is 7.11 Å². The third kappa shape index (κ3) is 5.23. The standard InChI is InChI=1S/C23H21NO3S/c1-27-21-15-17-22(18-16-21)28(25,26)24-23(20-12-6-3-7-13-20)14-8-11-19-9-4-2-5-10-19/h2-7,9-10,12-13,15-18,23-24H,14H2,1H3/t23-/m0/s1. The van der Waals surface area contributed by atoms with Crippen LogP contribution in [0, 0.1) is 11.8 Å². The van der Waals surface area contributed by atoms with Crippen LogP contribution in [0.5, 0.6) is 5.75 Å². The molecule has 28 heavy (non-hydrogen) atoms. The highest BCUT2D eigenvalue weighted by molar-refractivity contribution is 7.89. The van der Waals surface area contributed by atoms with Crippen LogP contribution in [-0.2, 0) is 10.0 Å². The van der Waals surface area contributed by atoms with Gasteiger partial charge in [-0.1, -0.05) is 60.4 Å². The molecule has 3 aromatic carbocycles. The number of rotatable bonds is 6. The molecule has 0 spiro atoms. The number of benzene rings is 3. The maximum atomic E-state index is 12.8. The van der Waals surface area contributed by atoms with E-state index in [0.29, 0.717) is 12.2 Å². The first-order valence-corrected chi connectivity index (χ1v) is 10.3. The van der Waals surface area contributed by atoms with Crippen molar-refractivity contribution in [3.63, 3.8) is 0 Å². The molecule has 142 valence electrons. The van der Waals surface area contributed by atoms with Crippen LogP contribution >= 0.6 is 0 Å². The SMILES string of the molecule is COc1ccc(S(=O)(=O)N[C@@H](CC#Cc2ccccc2)c2ccccc2)cc1. The normalized spacial score (nSPS) is 11.9. The highest BCUT2D eigenvalue weighted by atomic mass is 32.2. The number of ether oxygens (including phenoxy) is 1. The average Bonchev–Trinajstić information content (AvgIpc) is 2.74. The Labute approximate surface area is 166 Å². The zero-order valence-corrected chi connectivity index (χ0v) is 16.3. The van der Waals surface area contributed by atoms with E-state index in [9.17, 15) is 8.42 Å². The average molecular weight is 391 g/mol. The topological polar surface area (TPSA) is 55.4 Å². The van der Waals surface area contributed by atoms with Crippen LogP contribution in [0.1, 0.15) is 23.6 Å². The minimum Gasteiger partial charge on any atom is -0.497 e. The first-order valence-electron chi connectivity index (χ1n) is 8.84. The second-order valence-corrected chi connectivity index (χ2v) is 7.85. The van der Waals surface area contributed by atoms with Crippen molar-refractivity contribution in [3.05, 3.63) is 96.1 Å². The van der Waals surface area contributed by atoms with Gasteiger partial charge in [-0.2, -0.15) is 0 Å². The first-order chi connectivity index (χ1) is 13.6. The maximum Gasteiger partial charge on any atom is 0.241 e. The van der Waals surface area contributed by atoms with Gasteiger partial charge in [0.1, 0.15) is 5.75 Å². The lowest BCUT2D eigenvalue weighted by Gasteiger charge is -2.17. The van der Waals surface area contributed by atoms with Crippen molar-refractivity contribution in [1.29, 1.82) is 0 Å². The van der Waals surface area contributed by atoms with Gasteiger partial charge in [0.05, 0.1) is 18.0 Å². The molecule has 1 atom stereocenters. The molecule has 0 radical (unpaired) electrons. The number of sulfonamides is 1. The minimum atomic E-state index is -3.70. The van der Waals surface area contributed by atoms with E-state index in [1.807, 2.05) is 60.7 Å². The summed E-state index contributed by atoms with van der Waals surface area (Å²) in [5.74, 6) is 6.78. The molecule has 5 heteroatoms. The van der Waals surface area contributed by atoms with Gasteiger partial charge in [-0.15, -0.1) is 0 Å². The fourth-order valence-electron chi connectivity index (χ4n) is 2.70. The van der Waals surface area contributed by atoms with Crippen LogP contribution in [0.3, 0.4) is 0 Å². The van der Waals surface area contributed by atoms with Gasteiger partial charge in [0.25, 0.3) is 0 Å². The zero-order valence-electron chi connectivity index (χ0n) is 15.5. The van der Waals surface area contributed by atoms with Crippen LogP contribution in [0.25, 0.3) is 0 Å². The molecular weight excluding hydrogens is 370 g/mol. The van der Waals surface area contributed by atoms with E-state index in [2.05, 4.69) is 16.6 Å². The third-order valence-corrected chi connectivity index (χ3v) is 5.67. The van der Waals surface area contributed by atoms with E-state index in [4.69, 9.17) is 4.74 Å². The summed E-state index contributed by atoms with van der Waals surface area (Å²) in [6, 6.07) is 24.9. The minimum absolute atomic E-state index is 0.185. The molecule has 0 aliphatic rings. The van der Waals surface area contributed by atoms with E-state index in [0.717, 1.165) is 11.1 Å². The lowest BCUT2D eigenvalue weighted by atomic mass is 10.1. The molecule has 0 unspecified atom stereocenters. The predicted octanol–water partition coefficient (Wildman–Crippen LogP) is 4.16. The number of hydrogen-bond donors (Lipinski definition) is 1. The van der Waals surface area contributed by atoms with Crippen LogP contribution in [0.2, 0.25) is 0 Å². The third-order valence-electron chi connectivity index (χ3n) is 4.18. The first kappa shape index (κ1) is 19.7. The molecule has 0 aliphatic heterocycles. The van der Waals surface area contributed by atoms with Crippen molar-refractivity contribution in [3.8, 4) is 17.6 Å². The molecule has 0 aromatic heterocycles. The van der Waals surface area contributed by atoms with Gasteiger partial charge in [-0.3, -0.25) is 0 Å². The zero-order chi connectivity index (χ0) is 19.8. The Kier molecular flexibility index (Phi) is 6.49. The van der Waals surface area contributed by atoms with Gasteiger partial charge in [0.15, 0.2) is 0 Å². The molecular formula is C23H21NO3S.